The van der Waals surface area contributed by atoms with Crippen LogP contribution in [0.4, 0.5) is 4.79 Å². The molecule has 134 valence electrons. The molecule has 1 aromatic heterocycles. The predicted octanol–water partition coefficient (Wildman–Crippen LogP) is 3.65. The Morgan fingerprint density at radius 1 is 1.24 bits per heavy atom. The molecule has 0 spiro atoms. The van der Waals surface area contributed by atoms with Gasteiger partial charge in [0, 0.05) is 36.9 Å². The van der Waals surface area contributed by atoms with Crippen LogP contribution in [0.5, 0.6) is 0 Å². The summed E-state index contributed by atoms with van der Waals surface area (Å²) < 4.78 is 1.95. The van der Waals surface area contributed by atoms with Crippen molar-refractivity contribution in [3.05, 3.63) is 52.8 Å². The highest BCUT2D eigenvalue weighted by atomic mass is 16.2. The van der Waals surface area contributed by atoms with Crippen LogP contribution in [0.3, 0.4) is 0 Å². The van der Waals surface area contributed by atoms with Crippen LogP contribution < -0.4 is 5.32 Å². The fourth-order valence-corrected chi connectivity index (χ4v) is 3.08. The summed E-state index contributed by atoms with van der Waals surface area (Å²) in [7, 11) is 0. The van der Waals surface area contributed by atoms with Gasteiger partial charge in [-0.3, -0.25) is 4.68 Å². The summed E-state index contributed by atoms with van der Waals surface area (Å²) in [6, 6.07) is 8.98. The van der Waals surface area contributed by atoms with Gasteiger partial charge in [-0.25, -0.2) is 4.79 Å². The Morgan fingerprint density at radius 3 is 2.48 bits per heavy atom. The van der Waals surface area contributed by atoms with Crippen LogP contribution in [0.15, 0.2) is 30.5 Å². The number of carbonyl (C=O) groups excluding carboxylic acids is 1. The van der Waals surface area contributed by atoms with Crippen LogP contribution in [0.25, 0.3) is 0 Å². The Balaban J connectivity index is 1.61. The van der Waals surface area contributed by atoms with Gasteiger partial charge in [-0.2, -0.15) is 5.10 Å². The van der Waals surface area contributed by atoms with E-state index in [1.165, 1.54) is 11.1 Å². The normalized spacial score (nSPS) is 13.7. The van der Waals surface area contributed by atoms with Crippen LogP contribution in [-0.4, -0.2) is 26.8 Å². The SMILES string of the molecule is CCc1ccc(CN(C(=O)NCc2cnn(CC)c2C)C2CC2)cc1. The highest BCUT2D eigenvalue weighted by Crippen LogP contribution is 2.28. The Kier molecular flexibility index (Phi) is 5.41. The predicted molar refractivity (Wildman–Crippen MR) is 99.3 cm³/mol. The van der Waals surface area contributed by atoms with Gasteiger partial charge >= 0.3 is 6.03 Å². The third-order valence-corrected chi connectivity index (χ3v) is 4.97. The molecule has 5 nitrogen and oxygen atoms in total. The van der Waals surface area contributed by atoms with Crippen molar-refractivity contribution in [1.82, 2.24) is 20.0 Å². The van der Waals surface area contributed by atoms with Gasteiger partial charge in [-0.05, 0) is 44.2 Å². The van der Waals surface area contributed by atoms with Crippen molar-refractivity contribution in [3.8, 4) is 0 Å². The lowest BCUT2D eigenvalue weighted by molar-refractivity contribution is 0.191. The minimum Gasteiger partial charge on any atom is -0.334 e. The van der Waals surface area contributed by atoms with Gasteiger partial charge in [-0.1, -0.05) is 31.2 Å². The Hall–Kier alpha value is -2.30. The van der Waals surface area contributed by atoms with E-state index in [1.54, 1.807) is 0 Å². The van der Waals surface area contributed by atoms with E-state index in [-0.39, 0.29) is 6.03 Å². The number of carbonyl (C=O) groups is 1. The standard InChI is InChI=1S/C20H28N4O/c1-4-16-6-8-17(9-7-16)14-23(19-10-11-19)20(25)21-12-18-13-22-24(5-2)15(18)3/h6-9,13,19H,4-5,10-12,14H2,1-3H3,(H,21,25). The Morgan fingerprint density at radius 2 is 1.92 bits per heavy atom. The molecule has 1 fully saturated rings. The van der Waals surface area contributed by atoms with Crippen LogP contribution in [-0.2, 0) is 26.1 Å². The number of amides is 2. The van der Waals surface area contributed by atoms with Crippen molar-refractivity contribution in [1.29, 1.82) is 0 Å². The van der Waals surface area contributed by atoms with Gasteiger partial charge in [0.1, 0.15) is 0 Å². The first-order valence-electron chi connectivity index (χ1n) is 9.26. The Labute approximate surface area is 150 Å². The molecule has 1 N–H and O–H groups in total. The lowest BCUT2D eigenvalue weighted by atomic mass is 10.1. The zero-order valence-corrected chi connectivity index (χ0v) is 15.5. The molecule has 1 aromatic carbocycles. The van der Waals surface area contributed by atoms with Crippen molar-refractivity contribution in [2.24, 2.45) is 0 Å². The molecule has 2 aromatic rings. The molecule has 0 saturated heterocycles. The van der Waals surface area contributed by atoms with Crippen molar-refractivity contribution in [3.63, 3.8) is 0 Å². The second-order valence-corrected chi connectivity index (χ2v) is 6.76. The lowest BCUT2D eigenvalue weighted by Crippen LogP contribution is -2.40. The minimum atomic E-state index is 0.0192. The van der Waals surface area contributed by atoms with Gasteiger partial charge in [0.25, 0.3) is 0 Å². The smallest absolute Gasteiger partial charge is 0.318 e. The number of benzene rings is 1. The zero-order valence-electron chi connectivity index (χ0n) is 15.5. The van der Waals surface area contributed by atoms with Gasteiger partial charge in [0.15, 0.2) is 0 Å². The maximum atomic E-state index is 12.7. The second-order valence-electron chi connectivity index (χ2n) is 6.76. The second kappa shape index (κ2) is 7.72. The molecule has 0 aliphatic heterocycles. The summed E-state index contributed by atoms with van der Waals surface area (Å²) in [6.45, 7) is 8.33. The van der Waals surface area contributed by atoms with E-state index in [9.17, 15) is 4.79 Å². The molecule has 5 heteroatoms. The molecule has 1 aliphatic carbocycles. The lowest BCUT2D eigenvalue weighted by Gasteiger charge is -2.23. The summed E-state index contributed by atoms with van der Waals surface area (Å²) in [5.41, 5.74) is 4.72. The van der Waals surface area contributed by atoms with Crippen molar-refractivity contribution >= 4 is 6.03 Å². The van der Waals surface area contributed by atoms with Gasteiger partial charge in [0.05, 0.1) is 6.20 Å². The first-order valence-corrected chi connectivity index (χ1v) is 9.26. The van der Waals surface area contributed by atoms with Crippen LogP contribution >= 0.6 is 0 Å². The highest BCUT2D eigenvalue weighted by molar-refractivity contribution is 5.75. The number of rotatable bonds is 7. The number of urea groups is 1. The summed E-state index contributed by atoms with van der Waals surface area (Å²) in [5.74, 6) is 0. The maximum Gasteiger partial charge on any atom is 0.318 e. The molecule has 1 saturated carbocycles. The maximum absolute atomic E-state index is 12.7. The summed E-state index contributed by atoms with van der Waals surface area (Å²) in [4.78, 5) is 14.7. The number of hydrogen-bond donors (Lipinski definition) is 1. The molecule has 0 unspecified atom stereocenters. The van der Waals surface area contributed by atoms with Crippen LogP contribution in [0.2, 0.25) is 0 Å². The van der Waals surface area contributed by atoms with E-state index >= 15 is 0 Å². The molecule has 3 rings (SSSR count). The molecule has 0 bridgehead atoms. The third-order valence-electron chi connectivity index (χ3n) is 4.97. The fourth-order valence-electron chi connectivity index (χ4n) is 3.08. The monoisotopic (exact) mass is 340 g/mol. The number of aromatic nitrogens is 2. The van der Waals surface area contributed by atoms with E-state index in [0.29, 0.717) is 19.1 Å². The number of aryl methyl sites for hydroxylation is 2. The third kappa shape index (κ3) is 4.21. The van der Waals surface area contributed by atoms with Gasteiger partial charge in [-0.15, -0.1) is 0 Å². The zero-order chi connectivity index (χ0) is 17.8. The van der Waals surface area contributed by atoms with Crippen molar-refractivity contribution in [2.45, 2.75) is 65.7 Å². The van der Waals surface area contributed by atoms with E-state index in [4.69, 9.17) is 0 Å². The summed E-state index contributed by atoms with van der Waals surface area (Å²) in [5, 5.41) is 7.42. The minimum absolute atomic E-state index is 0.0192. The van der Waals surface area contributed by atoms with Crippen molar-refractivity contribution in [2.75, 3.05) is 0 Å². The van der Waals surface area contributed by atoms with Crippen molar-refractivity contribution < 1.29 is 4.79 Å². The molecule has 2 amide bonds. The quantitative estimate of drug-likeness (QED) is 0.836. The number of nitrogens with zero attached hydrogens (tertiary/aromatic N) is 3. The fraction of sp³-hybridized carbons (Fsp3) is 0.500. The molecule has 25 heavy (non-hydrogen) atoms. The molecule has 1 aliphatic rings. The first kappa shape index (κ1) is 17.5. The van der Waals surface area contributed by atoms with E-state index in [1.807, 2.05) is 22.7 Å². The largest absolute Gasteiger partial charge is 0.334 e. The van der Waals surface area contributed by atoms with Crippen LogP contribution in [0, 0.1) is 6.92 Å². The first-order chi connectivity index (χ1) is 12.1. The van der Waals surface area contributed by atoms with E-state index in [2.05, 4.69) is 48.5 Å². The topological polar surface area (TPSA) is 50.2 Å². The van der Waals surface area contributed by atoms with E-state index in [0.717, 1.165) is 37.1 Å². The van der Waals surface area contributed by atoms with Gasteiger partial charge < -0.3 is 10.2 Å². The van der Waals surface area contributed by atoms with Gasteiger partial charge in [0.2, 0.25) is 0 Å². The van der Waals surface area contributed by atoms with E-state index < -0.39 is 0 Å². The highest BCUT2D eigenvalue weighted by Gasteiger charge is 2.32. The molecular weight excluding hydrogens is 312 g/mol. The summed E-state index contributed by atoms with van der Waals surface area (Å²) in [6.07, 6.45) is 5.10. The average Bonchev–Trinajstić information content (AvgIpc) is 3.41. The molecule has 0 atom stereocenters. The molecule has 0 radical (unpaired) electrons. The number of nitrogens with one attached hydrogen (secondary N) is 1. The average molecular weight is 340 g/mol. The van der Waals surface area contributed by atoms with Crippen LogP contribution in [0.1, 0.15) is 49.1 Å². The molecule has 1 heterocycles. The molecular formula is C20H28N4O. The summed E-state index contributed by atoms with van der Waals surface area (Å²) >= 11 is 0. The number of hydrogen-bond acceptors (Lipinski definition) is 2. The Bertz CT molecular complexity index is 716.